The zero-order chi connectivity index (χ0) is 30.4. The molecular formula is C32H39N5O6. The van der Waals surface area contributed by atoms with Gasteiger partial charge in [0.05, 0.1) is 0 Å². The van der Waals surface area contributed by atoms with E-state index in [9.17, 15) is 24.0 Å². The lowest BCUT2D eigenvalue weighted by Crippen LogP contribution is -2.64. The molecule has 1 spiro atoms. The number of benzene rings is 2. The normalized spacial score (nSPS) is 25.6. The molecule has 0 saturated carbocycles. The fraction of sp³-hybridized carbons (Fsp3) is 0.469. The second-order valence-electron chi connectivity index (χ2n) is 11.7. The van der Waals surface area contributed by atoms with Gasteiger partial charge in [0.25, 0.3) is 5.91 Å². The van der Waals surface area contributed by atoms with Crippen LogP contribution in [0.15, 0.2) is 54.6 Å². The summed E-state index contributed by atoms with van der Waals surface area (Å²) in [4.78, 5) is 68.9. The lowest BCUT2D eigenvalue weighted by molar-refractivity contribution is -0.145. The summed E-state index contributed by atoms with van der Waals surface area (Å²) in [6, 6.07) is 14.3. The Morgan fingerprint density at radius 1 is 0.930 bits per heavy atom. The first kappa shape index (κ1) is 30.2. The van der Waals surface area contributed by atoms with Crippen molar-refractivity contribution >= 4 is 29.5 Å². The lowest BCUT2D eigenvalue weighted by Gasteiger charge is -2.36. The van der Waals surface area contributed by atoms with Crippen molar-refractivity contribution in [1.82, 2.24) is 26.3 Å². The van der Waals surface area contributed by atoms with Crippen LogP contribution in [0, 0.1) is 0 Å². The van der Waals surface area contributed by atoms with E-state index in [1.54, 1.807) is 10.4 Å². The number of hydrogen-bond donors (Lipinski definition) is 5. The van der Waals surface area contributed by atoms with E-state index in [0.717, 1.165) is 11.1 Å². The van der Waals surface area contributed by atoms with Gasteiger partial charge in [-0.3, -0.25) is 29.2 Å². The molecule has 4 atom stereocenters. The minimum atomic E-state index is -1.41. The molecule has 5 N–H and O–H groups in total. The summed E-state index contributed by atoms with van der Waals surface area (Å²) >= 11 is 0. The fourth-order valence-corrected chi connectivity index (χ4v) is 6.57. The number of hydrogen-bond acceptors (Lipinski definition) is 6. The van der Waals surface area contributed by atoms with Crippen molar-refractivity contribution in [3.8, 4) is 0 Å². The molecule has 43 heavy (non-hydrogen) atoms. The standard InChI is InChI=1S/C32H39N5O6/c38-27(36-43)16-6-2-5-14-24-28(39)35-32(18-17-22-12-7-8-13-23(22)32)31(42)34-25(20-21-10-3-1-4-11-21)30(41)37-19-9-15-26(37)29(40)33-24/h1,3-4,7-8,10-13,24-26,43H,2,5-6,9,14-20H2,(H,33,40)(H,34,42)(H,35,39)(H,36,38)/t24-,25-,26+,32+/m0/s1. The highest BCUT2D eigenvalue weighted by atomic mass is 16.5. The Morgan fingerprint density at radius 3 is 2.49 bits per heavy atom. The van der Waals surface area contributed by atoms with Crippen molar-refractivity contribution in [1.29, 1.82) is 0 Å². The molecule has 2 aromatic rings. The molecule has 2 heterocycles. The van der Waals surface area contributed by atoms with Crippen LogP contribution in [0.4, 0.5) is 0 Å². The maximum Gasteiger partial charge on any atom is 0.251 e. The van der Waals surface area contributed by atoms with Crippen LogP contribution in [0.2, 0.25) is 0 Å². The van der Waals surface area contributed by atoms with Crippen molar-refractivity contribution in [2.24, 2.45) is 0 Å². The molecule has 0 aromatic heterocycles. The second-order valence-corrected chi connectivity index (χ2v) is 11.7. The van der Waals surface area contributed by atoms with Gasteiger partial charge in [-0.1, -0.05) is 67.4 Å². The number of fused-ring (bicyclic) bond motifs is 3. The van der Waals surface area contributed by atoms with Gasteiger partial charge in [-0.05, 0) is 55.2 Å². The number of carbonyl (C=O) groups is 5. The minimum absolute atomic E-state index is 0.142. The van der Waals surface area contributed by atoms with Gasteiger partial charge in [-0.2, -0.15) is 0 Å². The summed E-state index contributed by atoms with van der Waals surface area (Å²) in [6.07, 6.45) is 4.29. The highest BCUT2D eigenvalue weighted by Gasteiger charge is 2.49. The van der Waals surface area contributed by atoms with E-state index in [1.165, 1.54) is 0 Å². The van der Waals surface area contributed by atoms with Gasteiger partial charge in [0.2, 0.25) is 23.6 Å². The Kier molecular flexibility index (Phi) is 9.40. The van der Waals surface area contributed by atoms with Crippen LogP contribution in [0.25, 0.3) is 0 Å². The molecule has 5 amide bonds. The molecule has 2 aromatic carbocycles. The van der Waals surface area contributed by atoms with E-state index in [0.29, 0.717) is 57.1 Å². The first-order valence-corrected chi connectivity index (χ1v) is 15.1. The molecular weight excluding hydrogens is 550 g/mol. The van der Waals surface area contributed by atoms with Crippen LogP contribution in [-0.2, 0) is 42.4 Å². The summed E-state index contributed by atoms with van der Waals surface area (Å²) in [6.45, 7) is 0.385. The van der Waals surface area contributed by atoms with Crippen molar-refractivity contribution < 1.29 is 29.2 Å². The number of amides is 5. The van der Waals surface area contributed by atoms with E-state index in [-0.39, 0.29) is 25.2 Å². The summed E-state index contributed by atoms with van der Waals surface area (Å²) < 4.78 is 0. The number of aryl methyl sites for hydroxylation is 1. The number of rotatable bonds is 8. The van der Waals surface area contributed by atoms with Crippen LogP contribution in [0.5, 0.6) is 0 Å². The fourth-order valence-electron chi connectivity index (χ4n) is 6.57. The first-order chi connectivity index (χ1) is 20.8. The second kappa shape index (κ2) is 13.4. The number of unbranched alkanes of at least 4 members (excludes halogenated alkanes) is 2. The topological polar surface area (TPSA) is 157 Å². The third kappa shape index (κ3) is 6.56. The Balaban J connectivity index is 1.47. The third-order valence-electron chi connectivity index (χ3n) is 8.85. The summed E-state index contributed by atoms with van der Waals surface area (Å²) in [5, 5.41) is 17.7. The molecule has 228 valence electrons. The van der Waals surface area contributed by atoms with E-state index in [1.807, 2.05) is 54.6 Å². The van der Waals surface area contributed by atoms with Gasteiger partial charge >= 0.3 is 0 Å². The maximum atomic E-state index is 14.3. The average molecular weight is 590 g/mol. The monoisotopic (exact) mass is 589 g/mol. The zero-order valence-electron chi connectivity index (χ0n) is 24.1. The molecule has 3 aliphatic rings. The molecule has 11 heteroatoms. The average Bonchev–Trinajstić information content (AvgIpc) is 3.66. The van der Waals surface area contributed by atoms with Gasteiger partial charge in [0.1, 0.15) is 23.7 Å². The molecule has 5 rings (SSSR count). The molecule has 11 nitrogen and oxygen atoms in total. The van der Waals surface area contributed by atoms with E-state index >= 15 is 0 Å². The Labute approximate surface area is 250 Å². The van der Waals surface area contributed by atoms with Crippen molar-refractivity contribution in [3.05, 3.63) is 71.3 Å². The minimum Gasteiger partial charge on any atom is -0.343 e. The predicted octanol–water partition coefficient (Wildman–Crippen LogP) is 1.62. The molecule has 2 saturated heterocycles. The van der Waals surface area contributed by atoms with Gasteiger partial charge in [-0.15, -0.1) is 0 Å². The number of carbonyl (C=O) groups excluding carboxylic acids is 5. The molecule has 2 fully saturated rings. The highest BCUT2D eigenvalue weighted by molar-refractivity contribution is 6.00. The Bertz CT molecular complexity index is 1370. The van der Waals surface area contributed by atoms with Crippen LogP contribution >= 0.6 is 0 Å². The molecule has 0 bridgehead atoms. The summed E-state index contributed by atoms with van der Waals surface area (Å²) in [5.74, 6) is -2.11. The smallest absolute Gasteiger partial charge is 0.251 e. The number of hydroxylamine groups is 1. The van der Waals surface area contributed by atoms with Crippen molar-refractivity contribution in [3.63, 3.8) is 0 Å². The van der Waals surface area contributed by atoms with E-state index in [4.69, 9.17) is 5.21 Å². The molecule has 0 unspecified atom stereocenters. The Morgan fingerprint density at radius 2 is 1.70 bits per heavy atom. The quantitative estimate of drug-likeness (QED) is 0.179. The predicted molar refractivity (Wildman–Crippen MR) is 156 cm³/mol. The SMILES string of the molecule is O=C(CCCCC[C@@H]1NC(=O)[C@H]2CCCN2C(=O)[C@H](Cc2ccccc2)NC(=O)[C@]2(CCc3ccccc32)NC1=O)NO. The van der Waals surface area contributed by atoms with Gasteiger partial charge in [0.15, 0.2) is 0 Å². The van der Waals surface area contributed by atoms with Crippen LogP contribution in [0.1, 0.15) is 68.1 Å². The molecule has 2 aliphatic heterocycles. The van der Waals surface area contributed by atoms with Crippen molar-refractivity contribution in [2.75, 3.05) is 6.54 Å². The first-order valence-electron chi connectivity index (χ1n) is 15.1. The largest absolute Gasteiger partial charge is 0.343 e. The van der Waals surface area contributed by atoms with E-state index in [2.05, 4.69) is 16.0 Å². The molecule has 1 aliphatic carbocycles. The van der Waals surface area contributed by atoms with Crippen molar-refractivity contribution in [2.45, 2.75) is 87.9 Å². The highest BCUT2D eigenvalue weighted by Crippen LogP contribution is 2.38. The molecule has 0 radical (unpaired) electrons. The van der Waals surface area contributed by atoms with Gasteiger partial charge < -0.3 is 20.9 Å². The summed E-state index contributed by atoms with van der Waals surface area (Å²) in [7, 11) is 0. The van der Waals surface area contributed by atoms with Crippen LogP contribution < -0.4 is 21.4 Å². The van der Waals surface area contributed by atoms with Gasteiger partial charge in [-0.25, -0.2) is 5.48 Å². The maximum absolute atomic E-state index is 14.3. The number of nitrogens with one attached hydrogen (secondary N) is 4. The Hall–Kier alpha value is -4.25. The van der Waals surface area contributed by atoms with Gasteiger partial charge in [0, 0.05) is 19.4 Å². The zero-order valence-corrected chi connectivity index (χ0v) is 24.1. The van der Waals surface area contributed by atoms with E-state index < -0.39 is 47.3 Å². The number of nitrogens with zero attached hydrogens (tertiary/aromatic N) is 1. The lowest BCUT2D eigenvalue weighted by atomic mass is 9.88. The van der Waals surface area contributed by atoms with Crippen LogP contribution in [0.3, 0.4) is 0 Å². The summed E-state index contributed by atoms with van der Waals surface area (Å²) in [5.41, 5.74) is 2.70. The van der Waals surface area contributed by atoms with Crippen LogP contribution in [-0.4, -0.2) is 64.3 Å². The third-order valence-corrected chi connectivity index (χ3v) is 8.85.